The minimum absolute atomic E-state index is 0.462. The number of hydrogen-bond acceptors (Lipinski definition) is 5. The van der Waals surface area contributed by atoms with Crippen molar-refractivity contribution in [3.05, 3.63) is 60.4 Å². The van der Waals surface area contributed by atoms with Crippen molar-refractivity contribution in [3.63, 3.8) is 0 Å². The van der Waals surface area contributed by atoms with Crippen LogP contribution >= 0.6 is 0 Å². The molecule has 3 heterocycles. The molecule has 0 N–H and O–H groups in total. The SMILES string of the molecule is C(#Cc1ccccn1)c1ccc(-c2ncon2)nc1. The molecule has 0 unspecified atom stereocenters. The van der Waals surface area contributed by atoms with E-state index >= 15 is 0 Å². The molecule has 19 heavy (non-hydrogen) atoms. The lowest BCUT2D eigenvalue weighted by Crippen LogP contribution is -1.86. The summed E-state index contributed by atoms with van der Waals surface area (Å²) in [6.07, 6.45) is 4.65. The average molecular weight is 248 g/mol. The fourth-order valence-electron chi connectivity index (χ4n) is 1.46. The van der Waals surface area contributed by atoms with E-state index in [2.05, 4.69) is 36.5 Å². The molecule has 0 radical (unpaired) electrons. The molecule has 3 aromatic rings. The van der Waals surface area contributed by atoms with Gasteiger partial charge in [0.15, 0.2) is 0 Å². The van der Waals surface area contributed by atoms with Gasteiger partial charge in [-0.2, -0.15) is 4.98 Å². The van der Waals surface area contributed by atoms with Crippen LogP contribution in [-0.2, 0) is 0 Å². The molecule has 0 atom stereocenters. The first-order valence-electron chi connectivity index (χ1n) is 5.58. The van der Waals surface area contributed by atoms with Crippen LogP contribution in [0, 0.1) is 11.8 Å². The highest BCUT2D eigenvalue weighted by atomic mass is 16.5. The van der Waals surface area contributed by atoms with Crippen LogP contribution < -0.4 is 0 Å². The average Bonchev–Trinajstić information content (AvgIpc) is 3.01. The Bertz CT molecular complexity index is 710. The van der Waals surface area contributed by atoms with Gasteiger partial charge < -0.3 is 4.52 Å². The fourth-order valence-corrected chi connectivity index (χ4v) is 1.46. The van der Waals surface area contributed by atoms with Crippen molar-refractivity contribution < 1.29 is 4.52 Å². The Morgan fingerprint density at radius 3 is 2.63 bits per heavy atom. The summed E-state index contributed by atoms with van der Waals surface area (Å²) < 4.78 is 4.67. The summed E-state index contributed by atoms with van der Waals surface area (Å²) in [5.74, 6) is 6.42. The lowest BCUT2D eigenvalue weighted by atomic mass is 10.2. The highest BCUT2D eigenvalue weighted by Crippen LogP contribution is 2.10. The van der Waals surface area contributed by atoms with Gasteiger partial charge in [0.05, 0.1) is 0 Å². The number of nitrogens with zero attached hydrogens (tertiary/aromatic N) is 4. The standard InChI is InChI=1S/C14H8N4O/c1-2-8-15-12(3-1)6-4-11-5-7-13(16-9-11)14-17-10-19-18-14/h1-3,5,7-10H. The van der Waals surface area contributed by atoms with Crippen LogP contribution in [0.25, 0.3) is 11.5 Å². The molecule has 0 saturated carbocycles. The molecule has 0 bridgehead atoms. The van der Waals surface area contributed by atoms with Gasteiger partial charge in [0, 0.05) is 18.0 Å². The third-order valence-corrected chi connectivity index (χ3v) is 2.35. The molecule has 3 rings (SSSR count). The number of pyridine rings is 2. The maximum atomic E-state index is 4.67. The lowest BCUT2D eigenvalue weighted by Gasteiger charge is -1.93. The number of hydrogen-bond donors (Lipinski definition) is 0. The van der Waals surface area contributed by atoms with E-state index in [9.17, 15) is 0 Å². The first kappa shape index (κ1) is 11.1. The normalized spacial score (nSPS) is 9.68. The van der Waals surface area contributed by atoms with Crippen LogP contribution in [0.5, 0.6) is 0 Å². The Morgan fingerprint density at radius 1 is 0.947 bits per heavy atom. The largest absolute Gasteiger partial charge is 0.342 e. The van der Waals surface area contributed by atoms with E-state index < -0.39 is 0 Å². The fraction of sp³-hybridized carbons (Fsp3) is 0. The highest BCUT2D eigenvalue weighted by Gasteiger charge is 2.03. The third-order valence-electron chi connectivity index (χ3n) is 2.35. The van der Waals surface area contributed by atoms with Gasteiger partial charge in [-0.25, -0.2) is 4.98 Å². The molecule has 5 nitrogen and oxygen atoms in total. The summed E-state index contributed by atoms with van der Waals surface area (Å²) in [4.78, 5) is 12.3. The molecular formula is C14H8N4O. The number of rotatable bonds is 1. The molecule has 0 saturated heterocycles. The molecule has 0 aromatic carbocycles. The van der Waals surface area contributed by atoms with Gasteiger partial charge in [-0.1, -0.05) is 17.1 Å². The lowest BCUT2D eigenvalue weighted by molar-refractivity contribution is 0.418. The maximum Gasteiger partial charge on any atom is 0.220 e. The van der Waals surface area contributed by atoms with Crippen molar-refractivity contribution in [1.29, 1.82) is 0 Å². The van der Waals surface area contributed by atoms with E-state index in [0.717, 1.165) is 11.3 Å². The summed E-state index contributed by atoms with van der Waals surface area (Å²) in [6.45, 7) is 0. The molecule has 0 fully saturated rings. The summed E-state index contributed by atoms with van der Waals surface area (Å²) in [5, 5.41) is 3.72. The first-order valence-corrected chi connectivity index (χ1v) is 5.58. The zero-order chi connectivity index (χ0) is 12.9. The van der Waals surface area contributed by atoms with Crippen LogP contribution in [0.15, 0.2) is 53.6 Å². The first-order chi connectivity index (χ1) is 9.42. The second-order valence-electron chi connectivity index (χ2n) is 3.65. The van der Waals surface area contributed by atoms with Crippen molar-refractivity contribution in [3.8, 4) is 23.4 Å². The van der Waals surface area contributed by atoms with Gasteiger partial charge >= 0.3 is 0 Å². The summed E-state index contributed by atoms with van der Waals surface area (Å²) in [7, 11) is 0. The Kier molecular flexibility index (Phi) is 2.98. The topological polar surface area (TPSA) is 64.7 Å². The molecule has 3 aromatic heterocycles. The van der Waals surface area contributed by atoms with Crippen LogP contribution in [0.1, 0.15) is 11.3 Å². The van der Waals surface area contributed by atoms with Gasteiger partial charge in [-0.3, -0.25) is 4.98 Å². The minimum atomic E-state index is 0.462. The second kappa shape index (κ2) is 5.10. The predicted octanol–water partition coefficient (Wildman–Crippen LogP) is 1.93. The zero-order valence-electron chi connectivity index (χ0n) is 9.82. The maximum absolute atomic E-state index is 4.67. The van der Waals surface area contributed by atoms with Crippen LogP contribution in [0.3, 0.4) is 0 Å². The monoisotopic (exact) mass is 248 g/mol. The van der Waals surface area contributed by atoms with Crippen molar-refractivity contribution in [2.24, 2.45) is 0 Å². The molecule has 0 aliphatic carbocycles. The predicted molar refractivity (Wildman–Crippen MR) is 67.7 cm³/mol. The van der Waals surface area contributed by atoms with E-state index in [1.807, 2.05) is 24.3 Å². The molecule has 0 aliphatic rings. The molecular weight excluding hydrogens is 240 g/mol. The van der Waals surface area contributed by atoms with Crippen molar-refractivity contribution in [1.82, 2.24) is 20.1 Å². The minimum Gasteiger partial charge on any atom is -0.342 e. The van der Waals surface area contributed by atoms with E-state index in [0.29, 0.717) is 11.5 Å². The van der Waals surface area contributed by atoms with Gasteiger partial charge in [0.25, 0.3) is 0 Å². The van der Waals surface area contributed by atoms with Gasteiger partial charge in [0.1, 0.15) is 11.4 Å². The van der Waals surface area contributed by atoms with Crippen molar-refractivity contribution >= 4 is 0 Å². The molecule has 0 aliphatic heterocycles. The zero-order valence-corrected chi connectivity index (χ0v) is 9.82. The quantitative estimate of drug-likeness (QED) is 0.615. The molecule has 5 heteroatoms. The summed E-state index contributed by atoms with van der Waals surface area (Å²) in [5.41, 5.74) is 2.18. The Hall–Kier alpha value is -3.00. The Balaban J connectivity index is 1.82. The smallest absolute Gasteiger partial charge is 0.220 e. The van der Waals surface area contributed by atoms with Gasteiger partial charge in [-0.15, -0.1) is 0 Å². The van der Waals surface area contributed by atoms with Crippen LogP contribution in [0.2, 0.25) is 0 Å². The van der Waals surface area contributed by atoms with E-state index in [4.69, 9.17) is 0 Å². The second-order valence-corrected chi connectivity index (χ2v) is 3.65. The van der Waals surface area contributed by atoms with Gasteiger partial charge in [-0.05, 0) is 30.2 Å². The van der Waals surface area contributed by atoms with E-state index in [1.54, 1.807) is 18.5 Å². The molecule has 90 valence electrons. The Morgan fingerprint density at radius 2 is 1.95 bits per heavy atom. The molecule has 0 spiro atoms. The number of aromatic nitrogens is 4. The Labute approximate surface area is 109 Å². The van der Waals surface area contributed by atoms with Crippen LogP contribution in [0.4, 0.5) is 0 Å². The van der Waals surface area contributed by atoms with Crippen LogP contribution in [-0.4, -0.2) is 20.1 Å². The third kappa shape index (κ3) is 2.64. The molecule has 0 amide bonds. The van der Waals surface area contributed by atoms with Crippen molar-refractivity contribution in [2.75, 3.05) is 0 Å². The van der Waals surface area contributed by atoms with Gasteiger partial charge in [0.2, 0.25) is 12.2 Å². The van der Waals surface area contributed by atoms with E-state index in [1.165, 1.54) is 6.39 Å². The summed E-state index contributed by atoms with van der Waals surface area (Å²) >= 11 is 0. The van der Waals surface area contributed by atoms with E-state index in [-0.39, 0.29) is 0 Å². The van der Waals surface area contributed by atoms with Crippen molar-refractivity contribution in [2.45, 2.75) is 0 Å². The highest BCUT2D eigenvalue weighted by molar-refractivity contribution is 5.50. The summed E-state index contributed by atoms with van der Waals surface area (Å²) in [6, 6.07) is 9.26.